The van der Waals surface area contributed by atoms with Gasteiger partial charge >= 0.3 is 0 Å². The molecule has 1 aromatic carbocycles. The lowest BCUT2D eigenvalue weighted by Gasteiger charge is -2.06. The maximum Gasteiger partial charge on any atom is 0.199 e. The van der Waals surface area contributed by atoms with Crippen LogP contribution in [0.25, 0.3) is 0 Å². The van der Waals surface area contributed by atoms with Gasteiger partial charge in [0, 0.05) is 5.56 Å². The second kappa shape index (κ2) is 5.67. The number of ether oxygens (including phenoxy) is 1. The summed E-state index contributed by atoms with van der Waals surface area (Å²) in [5.41, 5.74) is 6.23. The molecule has 2 rings (SSSR count). The molecule has 98 valence electrons. The lowest BCUT2D eigenvalue weighted by atomic mass is 10.1. The molecule has 19 heavy (non-hydrogen) atoms. The molecule has 0 saturated carbocycles. The Morgan fingerprint density at radius 1 is 1.32 bits per heavy atom. The van der Waals surface area contributed by atoms with Gasteiger partial charge in [0.15, 0.2) is 5.78 Å². The van der Waals surface area contributed by atoms with Crippen molar-refractivity contribution in [3.05, 3.63) is 46.9 Å². The fourth-order valence-electron chi connectivity index (χ4n) is 1.60. The summed E-state index contributed by atoms with van der Waals surface area (Å²) in [6.45, 7) is 2.46. The molecule has 0 fully saturated rings. The van der Waals surface area contributed by atoms with Crippen molar-refractivity contribution in [2.75, 3.05) is 12.3 Å². The summed E-state index contributed by atoms with van der Waals surface area (Å²) >= 11 is 5.88. The highest BCUT2D eigenvalue weighted by atomic mass is 35.5. The molecule has 0 unspecified atom stereocenters. The van der Waals surface area contributed by atoms with E-state index in [0.717, 1.165) is 0 Å². The van der Waals surface area contributed by atoms with E-state index in [4.69, 9.17) is 22.1 Å². The minimum Gasteiger partial charge on any atom is -0.494 e. The van der Waals surface area contributed by atoms with Gasteiger partial charge in [-0.2, -0.15) is 0 Å². The Labute approximate surface area is 115 Å². The zero-order chi connectivity index (χ0) is 13.8. The van der Waals surface area contributed by atoms with Gasteiger partial charge in [0.2, 0.25) is 0 Å². The van der Waals surface area contributed by atoms with E-state index in [1.807, 2.05) is 6.92 Å². The van der Waals surface area contributed by atoms with E-state index in [9.17, 15) is 4.79 Å². The molecule has 0 radical (unpaired) electrons. The van der Waals surface area contributed by atoms with Crippen LogP contribution < -0.4 is 10.5 Å². The summed E-state index contributed by atoms with van der Waals surface area (Å²) in [7, 11) is 0. The lowest BCUT2D eigenvalue weighted by molar-refractivity contribution is 0.103. The van der Waals surface area contributed by atoms with Gasteiger partial charge in [-0.3, -0.25) is 4.79 Å². The number of carbonyl (C=O) groups is 1. The first-order chi connectivity index (χ1) is 9.13. The van der Waals surface area contributed by atoms with Gasteiger partial charge in [-0.25, -0.2) is 9.97 Å². The van der Waals surface area contributed by atoms with E-state index < -0.39 is 0 Å². The summed E-state index contributed by atoms with van der Waals surface area (Å²) in [5.74, 6) is 0.451. The maximum absolute atomic E-state index is 12.3. The predicted molar refractivity (Wildman–Crippen MR) is 72.5 cm³/mol. The molecule has 0 amide bonds. The number of ketones is 1. The molecule has 0 atom stereocenters. The van der Waals surface area contributed by atoms with Crippen LogP contribution in [-0.2, 0) is 0 Å². The zero-order valence-electron chi connectivity index (χ0n) is 10.3. The Morgan fingerprint density at radius 2 is 2.00 bits per heavy atom. The molecule has 0 aliphatic rings. The van der Waals surface area contributed by atoms with E-state index in [1.54, 1.807) is 24.3 Å². The minimum atomic E-state index is -0.314. The number of nitrogens with two attached hydrogens (primary N) is 1. The Hall–Kier alpha value is -2.14. The largest absolute Gasteiger partial charge is 0.494 e. The topological polar surface area (TPSA) is 78.1 Å². The lowest BCUT2D eigenvalue weighted by Crippen LogP contribution is -2.09. The molecular formula is C13H12ClN3O2. The van der Waals surface area contributed by atoms with E-state index in [1.165, 1.54) is 6.33 Å². The predicted octanol–water partition coefficient (Wildman–Crippen LogP) is 2.34. The molecule has 0 spiro atoms. The second-order valence-electron chi connectivity index (χ2n) is 3.71. The average Bonchev–Trinajstić information content (AvgIpc) is 2.39. The Kier molecular flexibility index (Phi) is 3.97. The molecule has 0 aliphatic carbocycles. The molecule has 0 aliphatic heterocycles. The highest BCUT2D eigenvalue weighted by Crippen LogP contribution is 2.22. The number of nitrogens with zero attached hydrogens (tertiary/aromatic N) is 2. The minimum absolute atomic E-state index is 0.0476. The van der Waals surface area contributed by atoms with Crippen LogP contribution in [0.3, 0.4) is 0 Å². The molecule has 0 saturated heterocycles. The van der Waals surface area contributed by atoms with Crippen LogP contribution in [0.15, 0.2) is 30.6 Å². The second-order valence-corrected chi connectivity index (χ2v) is 4.07. The fraction of sp³-hybridized carbons (Fsp3) is 0.154. The van der Waals surface area contributed by atoms with Crippen molar-refractivity contribution < 1.29 is 9.53 Å². The van der Waals surface area contributed by atoms with Crippen molar-refractivity contribution in [3.8, 4) is 5.75 Å². The van der Waals surface area contributed by atoms with Crippen LogP contribution in [0, 0.1) is 0 Å². The number of hydrogen-bond donors (Lipinski definition) is 1. The molecule has 2 aromatic rings. The van der Waals surface area contributed by atoms with Crippen molar-refractivity contribution in [2.45, 2.75) is 6.92 Å². The fourth-order valence-corrected chi connectivity index (χ4v) is 1.83. The highest BCUT2D eigenvalue weighted by molar-refractivity contribution is 6.34. The third-order valence-corrected chi connectivity index (χ3v) is 2.77. The number of carbonyl (C=O) groups excluding carboxylic acids is 1. The summed E-state index contributed by atoms with van der Waals surface area (Å²) in [4.78, 5) is 19.8. The van der Waals surface area contributed by atoms with Crippen molar-refractivity contribution in [1.29, 1.82) is 0 Å². The molecule has 2 N–H and O–H groups in total. The highest BCUT2D eigenvalue weighted by Gasteiger charge is 2.18. The Bertz CT molecular complexity index is 579. The van der Waals surface area contributed by atoms with Gasteiger partial charge in [-0.1, -0.05) is 11.6 Å². The summed E-state index contributed by atoms with van der Waals surface area (Å²) in [6.07, 6.45) is 1.21. The molecule has 1 aromatic heterocycles. The normalized spacial score (nSPS) is 10.2. The monoisotopic (exact) mass is 277 g/mol. The Balaban J connectivity index is 2.34. The van der Waals surface area contributed by atoms with Gasteiger partial charge in [0.1, 0.15) is 28.6 Å². The smallest absolute Gasteiger partial charge is 0.199 e. The van der Waals surface area contributed by atoms with Gasteiger partial charge < -0.3 is 10.5 Å². The van der Waals surface area contributed by atoms with Gasteiger partial charge in [-0.15, -0.1) is 0 Å². The van der Waals surface area contributed by atoms with Crippen molar-refractivity contribution in [2.24, 2.45) is 0 Å². The quantitative estimate of drug-likeness (QED) is 0.685. The van der Waals surface area contributed by atoms with E-state index >= 15 is 0 Å². The SMILES string of the molecule is CCOc1ccc(C(=O)c2c(N)ncnc2Cl)cc1. The first-order valence-corrected chi connectivity index (χ1v) is 6.04. The first kappa shape index (κ1) is 13.3. The number of rotatable bonds is 4. The summed E-state index contributed by atoms with van der Waals surface area (Å²) in [6, 6.07) is 6.72. The third-order valence-electron chi connectivity index (χ3n) is 2.48. The van der Waals surface area contributed by atoms with Crippen molar-refractivity contribution in [3.63, 3.8) is 0 Å². The van der Waals surface area contributed by atoms with Crippen LogP contribution in [0.5, 0.6) is 5.75 Å². The standard InChI is InChI=1S/C13H12ClN3O2/c1-2-19-9-5-3-8(4-6-9)11(18)10-12(14)16-7-17-13(10)15/h3-7H,2H2,1H3,(H2,15,16,17). The molecule has 5 nitrogen and oxygen atoms in total. The number of aromatic nitrogens is 2. The van der Waals surface area contributed by atoms with Crippen LogP contribution in [-0.4, -0.2) is 22.4 Å². The van der Waals surface area contributed by atoms with E-state index in [2.05, 4.69) is 9.97 Å². The third kappa shape index (κ3) is 2.82. The van der Waals surface area contributed by atoms with Gasteiger partial charge in [-0.05, 0) is 31.2 Å². The Morgan fingerprint density at radius 3 is 2.58 bits per heavy atom. The molecular weight excluding hydrogens is 266 g/mol. The molecule has 0 bridgehead atoms. The zero-order valence-corrected chi connectivity index (χ0v) is 11.0. The number of nitrogen functional groups attached to an aromatic ring is 1. The number of hydrogen-bond acceptors (Lipinski definition) is 5. The van der Waals surface area contributed by atoms with Crippen molar-refractivity contribution in [1.82, 2.24) is 9.97 Å². The van der Waals surface area contributed by atoms with Gasteiger partial charge in [0.25, 0.3) is 0 Å². The summed E-state index contributed by atoms with van der Waals surface area (Å²) in [5, 5.41) is 0.0476. The van der Waals surface area contributed by atoms with E-state index in [-0.39, 0.29) is 22.3 Å². The number of halogens is 1. The van der Waals surface area contributed by atoms with Gasteiger partial charge in [0.05, 0.1) is 6.61 Å². The van der Waals surface area contributed by atoms with Crippen LogP contribution in [0.4, 0.5) is 5.82 Å². The maximum atomic E-state index is 12.3. The van der Waals surface area contributed by atoms with Crippen LogP contribution >= 0.6 is 11.6 Å². The van der Waals surface area contributed by atoms with Crippen LogP contribution in [0.1, 0.15) is 22.8 Å². The first-order valence-electron chi connectivity index (χ1n) is 5.67. The summed E-state index contributed by atoms with van der Waals surface area (Å²) < 4.78 is 5.31. The van der Waals surface area contributed by atoms with E-state index in [0.29, 0.717) is 17.9 Å². The molecule has 1 heterocycles. The molecule has 6 heteroatoms. The van der Waals surface area contributed by atoms with Crippen molar-refractivity contribution >= 4 is 23.2 Å². The average molecular weight is 278 g/mol. The number of benzene rings is 1. The van der Waals surface area contributed by atoms with Crippen LogP contribution in [0.2, 0.25) is 5.15 Å². The number of anilines is 1.